The molecule has 10 nitrogen and oxygen atoms in total. The Morgan fingerprint density at radius 3 is 2.56 bits per heavy atom. The minimum Gasteiger partial charge on any atom is -0.449 e. The fourth-order valence-corrected chi connectivity index (χ4v) is 4.09. The molecule has 1 aliphatic rings. The second-order valence-corrected chi connectivity index (χ2v) is 9.64. The van der Waals surface area contributed by atoms with Crippen LogP contribution in [0.3, 0.4) is 0 Å². The van der Waals surface area contributed by atoms with Crippen LogP contribution in [0.25, 0.3) is 22.2 Å². The molecule has 0 amide bonds. The summed E-state index contributed by atoms with van der Waals surface area (Å²) in [6.45, 7) is 8.80. The maximum Gasteiger partial charge on any atom is 0.511 e. The van der Waals surface area contributed by atoms with Crippen molar-refractivity contribution in [3.05, 3.63) is 54.2 Å². The highest BCUT2D eigenvalue weighted by molar-refractivity contribution is 5.85. The molecule has 0 aliphatic carbocycles. The zero-order valence-electron chi connectivity index (χ0n) is 20.4. The lowest BCUT2D eigenvalue weighted by atomic mass is 9.86. The smallest absolute Gasteiger partial charge is 0.449 e. The summed E-state index contributed by atoms with van der Waals surface area (Å²) in [6, 6.07) is 13.6. The summed E-state index contributed by atoms with van der Waals surface area (Å²) in [5, 5.41) is 20.7. The van der Waals surface area contributed by atoms with Crippen molar-refractivity contribution >= 4 is 34.5 Å². The van der Waals surface area contributed by atoms with Gasteiger partial charge in [0.15, 0.2) is 5.82 Å². The summed E-state index contributed by atoms with van der Waals surface area (Å²) in [5.41, 5.74) is 3.84. The van der Waals surface area contributed by atoms with Crippen LogP contribution in [0.5, 0.6) is 5.75 Å². The monoisotopic (exact) mass is 488 g/mol. The molecule has 0 bridgehead atoms. The Bertz CT molecular complexity index is 1390. The predicted octanol–water partition coefficient (Wildman–Crippen LogP) is 4.95. The number of benzene rings is 2. The number of morpholine rings is 1. The molecule has 5 rings (SSSR count). The van der Waals surface area contributed by atoms with Crippen LogP contribution < -0.4 is 15.0 Å². The van der Waals surface area contributed by atoms with E-state index in [1.807, 2.05) is 47.4 Å². The largest absolute Gasteiger partial charge is 0.511 e. The van der Waals surface area contributed by atoms with Crippen LogP contribution in [-0.2, 0) is 10.2 Å². The van der Waals surface area contributed by atoms with Crippen molar-refractivity contribution < 1.29 is 19.4 Å². The van der Waals surface area contributed by atoms with E-state index in [1.165, 1.54) is 0 Å². The minimum atomic E-state index is -1.45. The molecule has 1 saturated heterocycles. The van der Waals surface area contributed by atoms with Crippen LogP contribution in [0, 0.1) is 0 Å². The summed E-state index contributed by atoms with van der Waals surface area (Å²) < 4.78 is 10.8. The van der Waals surface area contributed by atoms with E-state index in [2.05, 4.69) is 36.3 Å². The highest BCUT2D eigenvalue weighted by Gasteiger charge is 2.24. The van der Waals surface area contributed by atoms with Crippen molar-refractivity contribution in [3.8, 4) is 17.0 Å². The minimum absolute atomic E-state index is 0.0258. The Kier molecular flexibility index (Phi) is 6.19. The summed E-state index contributed by atoms with van der Waals surface area (Å²) in [6.07, 6.45) is 0.273. The third kappa shape index (κ3) is 4.94. The number of nitrogens with zero attached hydrogens (tertiary/aromatic N) is 4. The van der Waals surface area contributed by atoms with E-state index in [-0.39, 0.29) is 17.0 Å². The fraction of sp³-hybridized carbons (Fsp3) is 0.308. The Morgan fingerprint density at radius 2 is 1.86 bits per heavy atom. The highest BCUT2D eigenvalue weighted by Crippen LogP contribution is 2.38. The van der Waals surface area contributed by atoms with E-state index >= 15 is 0 Å². The van der Waals surface area contributed by atoms with Gasteiger partial charge in [0.25, 0.3) is 0 Å². The molecule has 0 unspecified atom stereocenters. The van der Waals surface area contributed by atoms with Gasteiger partial charge in [0, 0.05) is 29.7 Å². The molecule has 186 valence electrons. The SMILES string of the molecule is CC(C)(C)c1ccc(-c2nc(N3CCOCC3)nc(Nc3ccc4[nH]ncc4c3)c2OC(=O)O)cc1. The van der Waals surface area contributed by atoms with Gasteiger partial charge in [-0.2, -0.15) is 10.1 Å². The Labute approximate surface area is 208 Å². The number of carboxylic acid groups (broad SMARTS) is 1. The molecule has 0 spiro atoms. The molecule has 0 radical (unpaired) electrons. The molecule has 0 saturated carbocycles. The van der Waals surface area contributed by atoms with Gasteiger partial charge in [0.05, 0.1) is 24.9 Å². The molecule has 3 N–H and O–H groups in total. The highest BCUT2D eigenvalue weighted by atomic mass is 16.7. The third-order valence-electron chi connectivity index (χ3n) is 6.06. The number of ether oxygens (including phenoxy) is 2. The van der Waals surface area contributed by atoms with Crippen molar-refractivity contribution in [2.45, 2.75) is 26.2 Å². The molecule has 2 aromatic heterocycles. The number of fused-ring (bicyclic) bond motifs is 1. The van der Waals surface area contributed by atoms with Crippen LogP contribution in [0.1, 0.15) is 26.3 Å². The molecule has 1 aliphatic heterocycles. The molecule has 0 atom stereocenters. The quantitative estimate of drug-likeness (QED) is 0.334. The van der Waals surface area contributed by atoms with Crippen molar-refractivity contribution in [1.82, 2.24) is 20.2 Å². The first-order chi connectivity index (χ1) is 17.3. The maximum atomic E-state index is 11.7. The summed E-state index contributed by atoms with van der Waals surface area (Å²) in [4.78, 5) is 23.2. The molecule has 4 aromatic rings. The van der Waals surface area contributed by atoms with Gasteiger partial charge in [-0.3, -0.25) is 5.10 Å². The lowest BCUT2D eigenvalue weighted by Crippen LogP contribution is -2.37. The van der Waals surface area contributed by atoms with E-state index in [9.17, 15) is 9.90 Å². The van der Waals surface area contributed by atoms with Crippen LogP contribution in [-0.4, -0.2) is 57.7 Å². The first kappa shape index (κ1) is 23.6. The zero-order chi connectivity index (χ0) is 25.3. The molecule has 36 heavy (non-hydrogen) atoms. The van der Waals surface area contributed by atoms with Crippen LogP contribution in [0.4, 0.5) is 22.2 Å². The summed E-state index contributed by atoms with van der Waals surface area (Å²) >= 11 is 0. The van der Waals surface area contributed by atoms with E-state index < -0.39 is 6.16 Å². The number of anilines is 3. The van der Waals surface area contributed by atoms with Crippen molar-refractivity contribution in [2.75, 3.05) is 36.5 Å². The number of nitrogens with one attached hydrogen (secondary N) is 2. The molecular formula is C26H28N6O4. The van der Waals surface area contributed by atoms with Crippen LogP contribution >= 0.6 is 0 Å². The maximum absolute atomic E-state index is 11.7. The van der Waals surface area contributed by atoms with Crippen molar-refractivity contribution in [3.63, 3.8) is 0 Å². The van der Waals surface area contributed by atoms with E-state index in [0.29, 0.717) is 43.6 Å². The standard InChI is InChI=1S/C26H28N6O4/c1-26(2,3)18-6-4-16(5-7-18)21-22(36-25(33)34)23(30-24(29-21)32-10-12-35-13-11-32)28-19-8-9-20-17(14-19)15-27-31-20/h4-9,14-15H,10-13H2,1-3H3,(H,27,31)(H,33,34)(H,28,29,30). The summed E-state index contributed by atoms with van der Waals surface area (Å²) in [7, 11) is 0. The topological polar surface area (TPSA) is 125 Å². The van der Waals surface area contributed by atoms with Crippen LogP contribution in [0.2, 0.25) is 0 Å². The normalized spacial score (nSPS) is 14.1. The molecule has 3 heterocycles. The van der Waals surface area contributed by atoms with E-state index in [0.717, 1.165) is 22.0 Å². The summed E-state index contributed by atoms with van der Waals surface area (Å²) in [5.74, 6) is 0.764. The number of aromatic amines is 1. The first-order valence-corrected chi connectivity index (χ1v) is 11.7. The third-order valence-corrected chi connectivity index (χ3v) is 6.06. The number of carbonyl (C=O) groups is 1. The van der Waals surface area contributed by atoms with Gasteiger partial charge < -0.3 is 24.8 Å². The molecule has 1 fully saturated rings. The predicted molar refractivity (Wildman–Crippen MR) is 137 cm³/mol. The van der Waals surface area contributed by atoms with Crippen molar-refractivity contribution in [1.29, 1.82) is 0 Å². The number of hydrogen-bond acceptors (Lipinski definition) is 8. The van der Waals surface area contributed by atoms with E-state index in [1.54, 1.807) is 6.20 Å². The van der Waals surface area contributed by atoms with Gasteiger partial charge in [-0.15, -0.1) is 0 Å². The second kappa shape index (κ2) is 9.46. The number of H-pyrrole nitrogens is 1. The van der Waals surface area contributed by atoms with Gasteiger partial charge in [-0.05, 0) is 29.2 Å². The Morgan fingerprint density at radius 1 is 1.11 bits per heavy atom. The fourth-order valence-electron chi connectivity index (χ4n) is 4.09. The number of rotatable bonds is 5. The first-order valence-electron chi connectivity index (χ1n) is 11.7. The van der Waals surface area contributed by atoms with Gasteiger partial charge >= 0.3 is 6.16 Å². The molecule has 10 heteroatoms. The lowest BCUT2D eigenvalue weighted by Gasteiger charge is -2.28. The van der Waals surface area contributed by atoms with Gasteiger partial charge in [-0.1, -0.05) is 45.0 Å². The molecule has 2 aromatic carbocycles. The Hall–Kier alpha value is -4.18. The van der Waals surface area contributed by atoms with Gasteiger partial charge in [0.2, 0.25) is 11.7 Å². The zero-order valence-corrected chi connectivity index (χ0v) is 20.4. The number of hydrogen-bond donors (Lipinski definition) is 3. The second-order valence-electron chi connectivity index (χ2n) is 9.64. The lowest BCUT2D eigenvalue weighted by molar-refractivity contribution is 0.122. The van der Waals surface area contributed by atoms with Gasteiger partial charge in [-0.25, -0.2) is 9.78 Å². The number of aromatic nitrogens is 4. The van der Waals surface area contributed by atoms with Gasteiger partial charge in [0.1, 0.15) is 5.69 Å². The molecular weight excluding hydrogens is 460 g/mol. The van der Waals surface area contributed by atoms with Crippen molar-refractivity contribution in [2.24, 2.45) is 0 Å². The van der Waals surface area contributed by atoms with Crippen LogP contribution in [0.15, 0.2) is 48.7 Å². The Balaban J connectivity index is 1.64. The average Bonchev–Trinajstić information content (AvgIpc) is 3.33. The van der Waals surface area contributed by atoms with E-state index in [4.69, 9.17) is 19.4 Å². The average molecular weight is 489 g/mol.